The second-order valence-electron chi connectivity index (χ2n) is 3.68. The van der Waals surface area contributed by atoms with Gasteiger partial charge in [-0.15, -0.1) is 0 Å². The quantitative estimate of drug-likeness (QED) is 0.747. The van der Waals surface area contributed by atoms with Crippen LogP contribution in [0.25, 0.3) is 11.2 Å². The Kier molecular flexibility index (Phi) is 1.76. The monoisotopic (exact) mass is 215 g/mol. The topological polar surface area (TPSA) is 86.7 Å². The van der Waals surface area contributed by atoms with Crippen LogP contribution in [-0.4, -0.2) is 25.3 Å². The summed E-state index contributed by atoms with van der Waals surface area (Å²) in [5.74, 6) is 0.478. The van der Waals surface area contributed by atoms with Crippen molar-refractivity contribution in [1.29, 1.82) is 0 Å². The number of hydrogen-bond acceptors (Lipinski definition) is 5. The number of carbonyl (C=O) groups excluding carboxylic acids is 1. The third-order valence-electron chi connectivity index (χ3n) is 2.66. The molecule has 1 aliphatic rings. The molecule has 80 valence electrons. The summed E-state index contributed by atoms with van der Waals surface area (Å²) >= 11 is 0. The third kappa shape index (κ3) is 1.19. The van der Waals surface area contributed by atoms with E-state index >= 15 is 0 Å². The molecule has 6 heteroatoms. The molecule has 0 saturated heterocycles. The van der Waals surface area contributed by atoms with Crippen molar-refractivity contribution in [3.8, 4) is 0 Å². The van der Waals surface area contributed by atoms with E-state index in [9.17, 15) is 4.79 Å². The standard InChI is InChI=1S/C10H9N5O/c11-9-8-10(13-4-12-9)15(5-14-8)6-1-2-7(16)3-6/h1-2,4-6H,3H2,(H2,11,12,13). The number of nitrogens with zero attached hydrogens (tertiary/aromatic N) is 4. The number of rotatable bonds is 1. The molecule has 2 aromatic rings. The summed E-state index contributed by atoms with van der Waals surface area (Å²) in [6.45, 7) is 0. The Balaban J connectivity index is 2.15. The molecule has 0 aromatic carbocycles. The maximum atomic E-state index is 11.2. The van der Waals surface area contributed by atoms with Crippen molar-refractivity contribution in [1.82, 2.24) is 19.5 Å². The van der Waals surface area contributed by atoms with Crippen molar-refractivity contribution in [2.45, 2.75) is 12.5 Å². The number of nitrogen functional groups attached to an aromatic ring is 1. The Labute approximate surface area is 90.8 Å². The molecule has 2 heterocycles. The summed E-state index contributed by atoms with van der Waals surface area (Å²) in [6.07, 6.45) is 6.93. The first-order valence-corrected chi connectivity index (χ1v) is 4.90. The highest BCUT2D eigenvalue weighted by Gasteiger charge is 2.20. The molecular weight excluding hydrogens is 206 g/mol. The third-order valence-corrected chi connectivity index (χ3v) is 2.66. The number of ketones is 1. The Morgan fingerprint density at radius 1 is 1.38 bits per heavy atom. The molecule has 3 rings (SSSR count). The number of fused-ring (bicyclic) bond motifs is 1. The summed E-state index contributed by atoms with van der Waals surface area (Å²) < 4.78 is 1.84. The van der Waals surface area contributed by atoms with Crippen molar-refractivity contribution < 1.29 is 4.79 Å². The fourth-order valence-corrected chi connectivity index (χ4v) is 1.86. The van der Waals surface area contributed by atoms with Gasteiger partial charge in [-0.3, -0.25) is 4.79 Å². The molecule has 0 bridgehead atoms. The molecule has 2 N–H and O–H groups in total. The minimum absolute atomic E-state index is 0.00759. The summed E-state index contributed by atoms with van der Waals surface area (Å²) in [7, 11) is 0. The van der Waals surface area contributed by atoms with Crippen LogP contribution in [0.5, 0.6) is 0 Å². The second kappa shape index (κ2) is 3.13. The van der Waals surface area contributed by atoms with Crippen molar-refractivity contribution in [2.75, 3.05) is 5.73 Å². The van der Waals surface area contributed by atoms with Crippen LogP contribution < -0.4 is 5.73 Å². The first-order valence-electron chi connectivity index (χ1n) is 4.90. The molecule has 0 radical (unpaired) electrons. The Morgan fingerprint density at radius 2 is 2.25 bits per heavy atom. The van der Waals surface area contributed by atoms with E-state index in [0.29, 0.717) is 23.4 Å². The minimum Gasteiger partial charge on any atom is -0.382 e. The molecule has 6 nitrogen and oxygen atoms in total. The maximum Gasteiger partial charge on any atom is 0.165 e. The molecule has 1 aliphatic carbocycles. The van der Waals surface area contributed by atoms with Crippen molar-refractivity contribution in [3.05, 3.63) is 24.8 Å². The summed E-state index contributed by atoms with van der Waals surface area (Å²) in [4.78, 5) is 23.3. The smallest absolute Gasteiger partial charge is 0.165 e. The van der Waals surface area contributed by atoms with Crippen LogP contribution in [0.4, 0.5) is 5.82 Å². The highest BCUT2D eigenvalue weighted by Crippen LogP contribution is 2.25. The van der Waals surface area contributed by atoms with Gasteiger partial charge in [-0.25, -0.2) is 15.0 Å². The van der Waals surface area contributed by atoms with Gasteiger partial charge in [0.1, 0.15) is 11.8 Å². The van der Waals surface area contributed by atoms with Crippen LogP contribution in [0, 0.1) is 0 Å². The number of allylic oxidation sites excluding steroid dienone is 2. The van der Waals surface area contributed by atoms with Gasteiger partial charge >= 0.3 is 0 Å². The first-order chi connectivity index (χ1) is 7.75. The zero-order valence-electron chi connectivity index (χ0n) is 8.37. The lowest BCUT2D eigenvalue weighted by Gasteiger charge is -2.08. The van der Waals surface area contributed by atoms with Gasteiger partial charge in [-0.05, 0) is 6.08 Å². The normalized spacial score (nSPS) is 19.8. The molecule has 1 atom stereocenters. The van der Waals surface area contributed by atoms with Gasteiger partial charge in [0.25, 0.3) is 0 Å². The van der Waals surface area contributed by atoms with Gasteiger partial charge < -0.3 is 10.3 Å². The Hall–Kier alpha value is -2.24. The molecule has 0 amide bonds. The highest BCUT2D eigenvalue weighted by atomic mass is 16.1. The van der Waals surface area contributed by atoms with Crippen LogP contribution in [0.3, 0.4) is 0 Å². The molecule has 0 saturated carbocycles. The molecule has 0 spiro atoms. The van der Waals surface area contributed by atoms with E-state index in [1.54, 1.807) is 12.4 Å². The predicted molar refractivity (Wildman–Crippen MR) is 57.5 cm³/mol. The summed E-state index contributed by atoms with van der Waals surface area (Å²) in [6, 6.07) is -0.00759. The number of carbonyl (C=O) groups is 1. The van der Waals surface area contributed by atoms with E-state index in [1.165, 1.54) is 6.33 Å². The van der Waals surface area contributed by atoms with Crippen molar-refractivity contribution >= 4 is 22.8 Å². The van der Waals surface area contributed by atoms with Crippen molar-refractivity contribution in [2.24, 2.45) is 0 Å². The first kappa shape index (κ1) is 9.02. The fourth-order valence-electron chi connectivity index (χ4n) is 1.86. The molecule has 16 heavy (non-hydrogen) atoms. The van der Waals surface area contributed by atoms with E-state index in [2.05, 4.69) is 15.0 Å². The average molecular weight is 215 g/mol. The minimum atomic E-state index is -0.00759. The number of aromatic nitrogens is 4. The van der Waals surface area contributed by atoms with Crippen LogP contribution in [0.1, 0.15) is 12.5 Å². The van der Waals surface area contributed by atoms with E-state index in [4.69, 9.17) is 5.73 Å². The zero-order chi connectivity index (χ0) is 11.1. The number of nitrogens with two attached hydrogens (primary N) is 1. The van der Waals surface area contributed by atoms with E-state index < -0.39 is 0 Å². The molecule has 0 aliphatic heterocycles. The van der Waals surface area contributed by atoms with Crippen LogP contribution in [0.15, 0.2) is 24.8 Å². The molecule has 0 fully saturated rings. The second-order valence-corrected chi connectivity index (χ2v) is 3.68. The fraction of sp³-hybridized carbons (Fsp3) is 0.200. The predicted octanol–water partition coefficient (Wildman–Crippen LogP) is 0.479. The van der Waals surface area contributed by atoms with Gasteiger partial charge in [-0.2, -0.15) is 0 Å². The summed E-state index contributed by atoms with van der Waals surface area (Å²) in [5, 5.41) is 0. The Morgan fingerprint density at radius 3 is 3.00 bits per heavy atom. The Bertz CT molecular complexity index is 600. The van der Waals surface area contributed by atoms with E-state index in [0.717, 1.165) is 0 Å². The van der Waals surface area contributed by atoms with Crippen LogP contribution in [0.2, 0.25) is 0 Å². The SMILES string of the molecule is Nc1ncnc2c1ncn2C1C=CC(=O)C1. The average Bonchev–Trinajstić information content (AvgIpc) is 2.84. The lowest BCUT2D eigenvalue weighted by atomic mass is 10.2. The van der Waals surface area contributed by atoms with Gasteiger partial charge in [0, 0.05) is 6.42 Å². The highest BCUT2D eigenvalue weighted by molar-refractivity contribution is 5.93. The number of imidazole rings is 1. The zero-order valence-corrected chi connectivity index (χ0v) is 8.37. The van der Waals surface area contributed by atoms with Gasteiger partial charge in [-0.1, -0.05) is 6.08 Å². The van der Waals surface area contributed by atoms with E-state index in [-0.39, 0.29) is 11.8 Å². The van der Waals surface area contributed by atoms with Crippen LogP contribution >= 0.6 is 0 Å². The molecule has 1 unspecified atom stereocenters. The number of anilines is 1. The number of hydrogen-bond donors (Lipinski definition) is 1. The lowest BCUT2D eigenvalue weighted by Crippen LogP contribution is -2.05. The largest absolute Gasteiger partial charge is 0.382 e. The molecule has 2 aromatic heterocycles. The van der Waals surface area contributed by atoms with Gasteiger partial charge in [0.15, 0.2) is 17.2 Å². The maximum absolute atomic E-state index is 11.2. The summed E-state index contributed by atoms with van der Waals surface area (Å²) in [5.41, 5.74) is 6.93. The van der Waals surface area contributed by atoms with E-state index in [1.807, 2.05) is 10.6 Å². The molecular formula is C10H9N5O. The van der Waals surface area contributed by atoms with Crippen LogP contribution in [-0.2, 0) is 4.79 Å². The van der Waals surface area contributed by atoms with Crippen molar-refractivity contribution in [3.63, 3.8) is 0 Å². The van der Waals surface area contributed by atoms with Gasteiger partial charge in [0.2, 0.25) is 0 Å². The lowest BCUT2D eigenvalue weighted by molar-refractivity contribution is -0.114. The van der Waals surface area contributed by atoms with Gasteiger partial charge in [0.05, 0.1) is 12.4 Å².